The van der Waals surface area contributed by atoms with Crippen molar-refractivity contribution >= 4 is 18.0 Å². The minimum atomic E-state index is -0.850. The summed E-state index contributed by atoms with van der Waals surface area (Å²) in [7, 11) is 1.48. The lowest BCUT2D eigenvalue weighted by Crippen LogP contribution is -2.39. The molecular weight excluding hydrogens is 436 g/mol. The Hall–Kier alpha value is -3.39. The second-order valence-electron chi connectivity index (χ2n) is 8.52. The molecule has 182 valence electrons. The summed E-state index contributed by atoms with van der Waals surface area (Å²) in [4.78, 5) is 35.2. The smallest absolute Gasteiger partial charge is 0.407 e. The third kappa shape index (κ3) is 6.81. The summed E-state index contributed by atoms with van der Waals surface area (Å²) in [6, 6.07) is 16.1. The molecule has 2 amide bonds. The minimum absolute atomic E-state index is 0.0234. The molecule has 0 saturated carbocycles. The second-order valence-corrected chi connectivity index (χ2v) is 8.52. The molecule has 0 aliphatic heterocycles. The molecule has 0 heterocycles. The van der Waals surface area contributed by atoms with E-state index in [0.717, 1.165) is 22.3 Å². The quantitative estimate of drug-likeness (QED) is 0.438. The van der Waals surface area contributed by atoms with Crippen molar-refractivity contribution < 1.29 is 29.0 Å². The van der Waals surface area contributed by atoms with Crippen LogP contribution in [0.1, 0.15) is 49.7 Å². The predicted molar refractivity (Wildman–Crippen MR) is 128 cm³/mol. The van der Waals surface area contributed by atoms with E-state index in [1.54, 1.807) is 0 Å². The first-order valence-electron chi connectivity index (χ1n) is 11.5. The SMILES string of the molecule is COC(CNC(=O)OCC1c2ccccc2-c2ccccc21)CC(=O)NC(C)CCCC(=O)O. The van der Waals surface area contributed by atoms with Crippen LogP contribution in [0, 0.1) is 0 Å². The molecule has 2 aromatic rings. The zero-order valence-electron chi connectivity index (χ0n) is 19.6. The molecule has 3 N–H and O–H groups in total. The summed E-state index contributed by atoms with van der Waals surface area (Å²) in [5, 5.41) is 14.2. The van der Waals surface area contributed by atoms with Gasteiger partial charge in [-0.25, -0.2) is 4.79 Å². The molecule has 34 heavy (non-hydrogen) atoms. The Labute approximate surface area is 199 Å². The number of benzene rings is 2. The molecule has 2 atom stereocenters. The maximum absolute atomic E-state index is 12.3. The molecule has 8 heteroatoms. The van der Waals surface area contributed by atoms with Crippen LogP contribution in [-0.4, -0.2) is 55.5 Å². The fraction of sp³-hybridized carbons (Fsp3) is 0.423. The minimum Gasteiger partial charge on any atom is -0.481 e. The van der Waals surface area contributed by atoms with Crippen molar-refractivity contribution in [1.29, 1.82) is 0 Å². The van der Waals surface area contributed by atoms with Crippen molar-refractivity contribution in [1.82, 2.24) is 10.6 Å². The molecule has 0 spiro atoms. The fourth-order valence-electron chi connectivity index (χ4n) is 4.26. The highest BCUT2D eigenvalue weighted by Gasteiger charge is 2.29. The van der Waals surface area contributed by atoms with Crippen molar-refractivity contribution in [2.45, 2.75) is 50.7 Å². The van der Waals surface area contributed by atoms with E-state index in [4.69, 9.17) is 14.6 Å². The van der Waals surface area contributed by atoms with Crippen LogP contribution in [-0.2, 0) is 19.1 Å². The van der Waals surface area contributed by atoms with Gasteiger partial charge in [-0.15, -0.1) is 0 Å². The zero-order valence-corrected chi connectivity index (χ0v) is 19.6. The average molecular weight is 469 g/mol. The molecule has 0 radical (unpaired) electrons. The molecule has 2 unspecified atom stereocenters. The lowest BCUT2D eigenvalue weighted by Gasteiger charge is -2.19. The van der Waals surface area contributed by atoms with E-state index in [0.29, 0.717) is 12.8 Å². The van der Waals surface area contributed by atoms with Gasteiger partial charge in [-0.1, -0.05) is 48.5 Å². The van der Waals surface area contributed by atoms with Crippen molar-refractivity contribution in [2.24, 2.45) is 0 Å². The Balaban J connectivity index is 1.43. The number of carbonyl (C=O) groups excluding carboxylic acids is 2. The Morgan fingerprint density at radius 2 is 1.65 bits per heavy atom. The lowest BCUT2D eigenvalue weighted by molar-refractivity contribution is -0.137. The Bertz CT molecular complexity index is 963. The van der Waals surface area contributed by atoms with Crippen LogP contribution < -0.4 is 10.6 Å². The molecule has 0 aromatic heterocycles. The van der Waals surface area contributed by atoms with Crippen molar-refractivity contribution in [3.8, 4) is 11.1 Å². The highest BCUT2D eigenvalue weighted by molar-refractivity contribution is 5.79. The summed E-state index contributed by atoms with van der Waals surface area (Å²) in [6.07, 6.45) is 0.147. The summed E-state index contributed by atoms with van der Waals surface area (Å²) in [5.74, 6) is -1.09. The van der Waals surface area contributed by atoms with Gasteiger partial charge >= 0.3 is 12.1 Å². The van der Waals surface area contributed by atoms with Gasteiger partial charge in [-0.2, -0.15) is 0 Å². The Kier molecular flexibility index (Phi) is 9.04. The molecule has 8 nitrogen and oxygen atoms in total. The number of nitrogens with one attached hydrogen (secondary N) is 2. The molecule has 0 fully saturated rings. The van der Waals surface area contributed by atoms with Crippen molar-refractivity contribution in [2.75, 3.05) is 20.3 Å². The first kappa shape index (κ1) is 25.2. The van der Waals surface area contributed by atoms with E-state index in [-0.39, 0.29) is 43.9 Å². The molecule has 1 aliphatic rings. The number of rotatable bonds is 12. The molecular formula is C26H32N2O6. The van der Waals surface area contributed by atoms with E-state index >= 15 is 0 Å². The van der Waals surface area contributed by atoms with Gasteiger partial charge in [0, 0.05) is 32.0 Å². The van der Waals surface area contributed by atoms with Gasteiger partial charge in [0.2, 0.25) is 5.91 Å². The molecule has 0 saturated heterocycles. The number of fused-ring (bicyclic) bond motifs is 3. The molecule has 3 rings (SSSR count). The van der Waals surface area contributed by atoms with Crippen LogP contribution in [0.5, 0.6) is 0 Å². The number of ether oxygens (including phenoxy) is 2. The van der Waals surface area contributed by atoms with Crippen molar-refractivity contribution in [3.05, 3.63) is 59.7 Å². The number of hydrogen-bond acceptors (Lipinski definition) is 5. The number of carbonyl (C=O) groups is 3. The zero-order chi connectivity index (χ0) is 24.5. The van der Waals surface area contributed by atoms with E-state index in [1.807, 2.05) is 31.2 Å². The van der Waals surface area contributed by atoms with Gasteiger partial charge in [-0.05, 0) is 42.0 Å². The largest absolute Gasteiger partial charge is 0.481 e. The third-order valence-electron chi connectivity index (χ3n) is 6.00. The topological polar surface area (TPSA) is 114 Å². The Morgan fingerprint density at radius 3 is 2.24 bits per heavy atom. The van der Waals surface area contributed by atoms with Crippen LogP contribution in [0.2, 0.25) is 0 Å². The van der Waals surface area contributed by atoms with Gasteiger partial charge < -0.3 is 25.2 Å². The van der Waals surface area contributed by atoms with Crippen LogP contribution in [0.25, 0.3) is 11.1 Å². The maximum Gasteiger partial charge on any atom is 0.407 e. The lowest BCUT2D eigenvalue weighted by atomic mass is 9.98. The first-order valence-corrected chi connectivity index (χ1v) is 11.5. The number of aliphatic carboxylic acids is 1. The van der Waals surface area contributed by atoms with Gasteiger partial charge in [-0.3, -0.25) is 9.59 Å². The summed E-state index contributed by atoms with van der Waals surface area (Å²) >= 11 is 0. The Morgan fingerprint density at radius 1 is 1.03 bits per heavy atom. The van der Waals surface area contributed by atoms with E-state index < -0.39 is 18.2 Å². The van der Waals surface area contributed by atoms with Gasteiger partial charge in [0.1, 0.15) is 6.61 Å². The van der Waals surface area contributed by atoms with E-state index in [9.17, 15) is 14.4 Å². The number of carboxylic acid groups (broad SMARTS) is 1. The van der Waals surface area contributed by atoms with Crippen LogP contribution in [0.4, 0.5) is 4.79 Å². The summed E-state index contributed by atoms with van der Waals surface area (Å²) in [5.41, 5.74) is 4.60. The number of methoxy groups -OCH3 is 1. The number of amides is 2. The van der Waals surface area contributed by atoms with Gasteiger partial charge in [0.05, 0.1) is 12.5 Å². The summed E-state index contributed by atoms with van der Waals surface area (Å²) in [6.45, 7) is 2.18. The number of alkyl carbamates (subject to hydrolysis) is 1. The predicted octanol–water partition coefficient (Wildman–Crippen LogP) is 3.69. The summed E-state index contributed by atoms with van der Waals surface area (Å²) < 4.78 is 10.8. The molecule has 1 aliphatic carbocycles. The number of carboxylic acids is 1. The highest BCUT2D eigenvalue weighted by Crippen LogP contribution is 2.44. The first-order chi connectivity index (χ1) is 16.4. The van der Waals surface area contributed by atoms with Crippen LogP contribution >= 0.6 is 0 Å². The normalized spacial score (nSPS) is 13.9. The highest BCUT2D eigenvalue weighted by atomic mass is 16.5. The molecule has 0 bridgehead atoms. The number of hydrogen-bond donors (Lipinski definition) is 3. The van der Waals surface area contributed by atoms with Gasteiger partial charge in [0.25, 0.3) is 0 Å². The van der Waals surface area contributed by atoms with E-state index in [1.165, 1.54) is 7.11 Å². The standard InChI is InChI=1S/C26H32N2O6/c1-17(8-7-13-25(30)31)28-24(29)14-18(33-2)15-27-26(32)34-16-23-21-11-5-3-9-19(21)20-10-4-6-12-22(20)23/h3-6,9-12,17-18,23H,7-8,13-16H2,1-2H3,(H,27,32)(H,28,29)(H,30,31). The van der Waals surface area contributed by atoms with Crippen molar-refractivity contribution in [3.63, 3.8) is 0 Å². The van der Waals surface area contributed by atoms with Crippen LogP contribution in [0.3, 0.4) is 0 Å². The molecule has 2 aromatic carbocycles. The van der Waals surface area contributed by atoms with Gasteiger partial charge in [0.15, 0.2) is 0 Å². The monoisotopic (exact) mass is 468 g/mol. The fourth-order valence-corrected chi connectivity index (χ4v) is 4.26. The van der Waals surface area contributed by atoms with Crippen LogP contribution in [0.15, 0.2) is 48.5 Å². The van der Waals surface area contributed by atoms with E-state index in [2.05, 4.69) is 34.9 Å². The second kappa shape index (κ2) is 12.2. The average Bonchev–Trinajstić information content (AvgIpc) is 3.13. The third-order valence-corrected chi connectivity index (χ3v) is 6.00. The maximum atomic E-state index is 12.3.